The van der Waals surface area contributed by atoms with Crippen molar-refractivity contribution in [2.75, 3.05) is 0 Å². The highest BCUT2D eigenvalue weighted by atomic mass is 16.4. The summed E-state index contributed by atoms with van der Waals surface area (Å²) in [5.74, 6) is -0.809. The van der Waals surface area contributed by atoms with Crippen molar-refractivity contribution in [3.8, 4) is 5.69 Å². The Morgan fingerprint density at radius 2 is 2.04 bits per heavy atom. The second kappa shape index (κ2) is 6.31. The van der Waals surface area contributed by atoms with Crippen LogP contribution in [0.2, 0.25) is 0 Å². The number of fused-ring (bicyclic) bond motifs is 1. The highest BCUT2D eigenvalue weighted by Crippen LogP contribution is 2.40. The molecule has 1 saturated carbocycles. The van der Waals surface area contributed by atoms with Crippen LogP contribution in [-0.2, 0) is 4.79 Å². The molecule has 2 fully saturated rings. The SMILES string of the molecule is O=C(O)[C@@H]1C[C@H]2CCCC[C@H]2N1C(=O)c1cccc(-n2cncn2)c1. The first-order valence-corrected chi connectivity index (χ1v) is 8.65. The summed E-state index contributed by atoms with van der Waals surface area (Å²) in [5, 5.41) is 13.7. The van der Waals surface area contributed by atoms with E-state index in [-0.39, 0.29) is 11.9 Å². The fourth-order valence-electron chi connectivity index (χ4n) is 4.24. The fourth-order valence-corrected chi connectivity index (χ4v) is 4.24. The largest absolute Gasteiger partial charge is 0.480 e. The first-order chi connectivity index (χ1) is 12.1. The van der Waals surface area contributed by atoms with Gasteiger partial charge in [0.25, 0.3) is 5.91 Å². The molecule has 0 spiro atoms. The molecule has 1 amide bonds. The zero-order valence-corrected chi connectivity index (χ0v) is 13.8. The van der Waals surface area contributed by atoms with E-state index >= 15 is 0 Å². The van der Waals surface area contributed by atoms with Crippen LogP contribution in [0, 0.1) is 5.92 Å². The smallest absolute Gasteiger partial charge is 0.326 e. The van der Waals surface area contributed by atoms with Gasteiger partial charge in [0.05, 0.1) is 5.69 Å². The summed E-state index contributed by atoms with van der Waals surface area (Å²) in [6.45, 7) is 0. The quantitative estimate of drug-likeness (QED) is 0.924. The lowest BCUT2D eigenvalue weighted by Gasteiger charge is -2.33. The molecule has 0 unspecified atom stereocenters. The lowest BCUT2D eigenvalue weighted by molar-refractivity contribution is -0.141. The van der Waals surface area contributed by atoms with E-state index in [0.717, 1.165) is 31.4 Å². The highest BCUT2D eigenvalue weighted by Gasteiger charge is 2.47. The number of likely N-dealkylation sites (tertiary alicyclic amines) is 1. The van der Waals surface area contributed by atoms with Crippen LogP contribution in [0.4, 0.5) is 0 Å². The maximum atomic E-state index is 13.2. The van der Waals surface area contributed by atoms with Gasteiger partial charge in [0.1, 0.15) is 18.7 Å². The van der Waals surface area contributed by atoms with Gasteiger partial charge in [-0.1, -0.05) is 18.9 Å². The van der Waals surface area contributed by atoms with E-state index in [0.29, 0.717) is 17.9 Å². The molecule has 7 heteroatoms. The van der Waals surface area contributed by atoms with Gasteiger partial charge >= 0.3 is 5.97 Å². The Morgan fingerprint density at radius 1 is 1.20 bits per heavy atom. The third-order valence-corrected chi connectivity index (χ3v) is 5.38. The van der Waals surface area contributed by atoms with Crippen LogP contribution in [0.3, 0.4) is 0 Å². The van der Waals surface area contributed by atoms with E-state index in [4.69, 9.17) is 0 Å². The van der Waals surface area contributed by atoms with Gasteiger partial charge in [0.2, 0.25) is 0 Å². The summed E-state index contributed by atoms with van der Waals surface area (Å²) < 4.78 is 1.58. The summed E-state index contributed by atoms with van der Waals surface area (Å²) >= 11 is 0. The van der Waals surface area contributed by atoms with Crippen molar-refractivity contribution < 1.29 is 14.7 Å². The van der Waals surface area contributed by atoms with Gasteiger partial charge in [-0.25, -0.2) is 14.5 Å². The van der Waals surface area contributed by atoms with Crippen LogP contribution in [0.5, 0.6) is 0 Å². The Bertz CT molecular complexity index is 789. The van der Waals surface area contributed by atoms with E-state index in [1.165, 1.54) is 6.33 Å². The van der Waals surface area contributed by atoms with Crippen LogP contribution in [0.25, 0.3) is 5.69 Å². The molecule has 7 nitrogen and oxygen atoms in total. The van der Waals surface area contributed by atoms with E-state index in [9.17, 15) is 14.7 Å². The first-order valence-electron chi connectivity index (χ1n) is 8.65. The van der Waals surface area contributed by atoms with E-state index in [1.54, 1.807) is 34.1 Å². The number of carboxylic acids is 1. The number of hydrogen-bond donors (Lipinski definition) is 1. The summed E-state index contributed by atoms with van der Waals surface area (Å²) in [5.41, 5.74) is 1.22. The minimum atomic E-state index is -0.907. The Kier molecular flexibility index (Phi) is 3.99. The predicted molar refractivity (Wildman–Crippen MR) is 89.3 cm³/mol. The molecular formula is C18H20N4O3. The lowest BCUT2D eigenvalue weighted by Crippen LogP contribution is -2.46. The third kappa shape index (κ3) is 2.79. The molecule has 1 saturated heterocycles. The van der Waals surface area contributed by atoms with Crippen LogP contribution < -0.4 is 0 Å². The van der Waals surface area contributed by atoms with E-state index < -0.39 is 12.0 Å². The minimum absolute atomic E-state index is 0.0392. The minimum Gasteiger partial charge on any atom is -0.480 e. The number of carbonyl (C=O) groups is 2. The molecule has 2 aromatic rings. The van der Waals surface area contributed by atoms with Gasteiger partial charge in [-0.2, -0.15) is 5.10 Å². The third-order valence-electron chi connectivity index (χ3n) is 5.38. The molecule has 2 heterocycles. The topological polar surface area (TPSA) is 88.3 Å². The van der Waals surface area contributed by atoms with Crippen molar-refractivity contribution in [2.45, 2.75) is 44.2 Å². The summed E-state index contributed by atoms with van der Waals surface area (Å²) in [6, 6.07) is 6.42. The number of hydrogen-bond acceptors (Lipinski definition) is 4. The molecule has 1 aromatic carbocycles. The molecule has 25 heavy (non-hydrogen) atoms. The summed E-state index contributed by atoms with van der Waals surface area (Å²) in [6.07, 6.45) is 7.64. The van der Waals surface area contributed by atoms with Crippen molar-refractivity contribution in [2.24, 2.45) is 5.92 Å². The Balaban J connectivity index is 1.67. The first kappa shape index (κ1) is 15.8. The Morgan fingerprint density at radius 3 is 2.80 bits per heavy atom. The molecule has 1 aliphatic heterocycles. The molecule has 1 aliphatic carbocycles. The molecule has 0 bridgehead atoms. The van der Waals surface area contributed by atoms with Crippen molar-refractivity contribution in [1.29, 1.82) is 0 Å². The predicted octanol–water partition coefficient (Wildman–Crippen LogP) is 2.13. The molecular weight excluding hydrogens is 320 g/mol. The van der Waals surface area contributed by atoms with Gasteiger partial charge in [0, 0.05) is 11.6 Å². The Labute approximate surface area is 145 Å². The maximum absolute atomic E-state index is 13.2. The van der Waals surface area contributed by atoms with Crippen molar-refractivity contribution in [3.05, 3.63) is 42.5 Å². The second-order valence-corrected chi connectivity index (χ2v) is 6.80. The molecule has 130 valence electrons. The molecule has 4 rings (SSSR count). The molecule has 3 atom stereocenters. The molecule has 2 aliphatic rings. The van der Waals surface area contributed by atoms with E-state index in [2.05, 4.69) is 10.1 Å². The average Bonchev–Trinajstić information content (AvgIpc) is 3.29. The normalized spacial score (nSPS) is 25.6. The second-order valence-electron chi connectivity index (χ2n) is 6.80. The van der Waals surface area contributed by atoms with E-state index in [1.807, 2.05) is 6.07 Å². The number of aromatic nitrogens is 3. The number of amides is 1. The fraction of sp³-hybridized carbons (Fsp3) is 0.444. The summed E-state index contributed by atoms with van der Waals surface area (Å²) in [4.78, 5) is 30.4. The molecule has 0 radical (unpaired) electrons. The zero-order chi connectivity index (χ0) is 17.4. The number of aliphatic carboxylic acids is 1. The van der Waals surface area contributed by atoms with Crippen molar-refractivity contribution >= 4 is 11.9 Å². The standard InChI is InChI=1S/C18H20N4O3/c23-17(13-5-3-6-14(8-13)21-11-19-10-20-21)22-15-7-2-1-4-12(15)9-16(22)18(24)25/h3,5-6,8,10-12,15-16H,1-2,4,7,9H2,(H,24,25)/t12-,15-,16+/m1/s1. The molecule has 1 N–H and O–H groups in total. The monoisotopic (exact) mass is 340 g/mol. The number of nitrogens with zero attached hydrogens (tertiary/aromatic N) is 4. The lowest BCUT2D eigenvalue weighted by atomic mass is 9.84. The highest BCUT2D eigenvalue weighted by molar-refractivity contribution is 5.97. The van der Waals surface area contributed by atoms with Gasteiger partial charge in [-0.15, -0.1) is 0 Å². The number of benzene rings is 1. The van der Waals surface area contributed by atoms with Crippen molar-refractivity contribution in [3.63, 3.8) is 0 Å². The Hall–Kier alpha value is -2.70. The zero-order valence-electron chi connectivity index (χ0n) is 13.8. The average molecular weight is 340 g/mol. The van der Waals surface area contributed by atoms with Crippen LogP contribution in [0.1, 0.15) is 42.5 Å². The number of carbonyl (C=O) groups excluding carboxylic acids is 1. The maximum Gasteiger partial charge on any atom is 0.326 e. The van der Waals surface area contributed by atoms with Crippen LogP contribution in [0.15, 0.2) is 36.9 Å². The molecule has 1 aromatic heterocycles. The van der Waals surface area contributed by atoms with Gasteiger partial charge < -0.3 is 10.0 Å². The van der Waals surface area contributed by atoms with Gasteiger partial charge in [0.15, 0.2) is 0 Å². The van der Waals surface area contributed by atoms with Crippen LogP contribution >= 0.6 is 0 Å². The number of carboxylic acid groups (broad SMARTS) is 1. The summed E-state index contributed by atoms with van der Waals surface area (Å²) in [7, 11) is 0. The number of rotatable bonds is 3. The van der Waals surface area contributed by atoms with Gasteiger partial charge in [-0.3, -0.25) is 4.79 Å². The van der Waals surface area contributed by atoms with Gasteiger partial charge in [-0.05, 0) is 43.4 Å². The van der Waals surface area contributed by atoms with Crippen LogP contribution in [-0.4, -0.2) is 48.7 Å². The van der Waals surface area contributed by atoms with Crippen molar-refractivity contribution in [1.82, 2.24) is 19.7 Å².